The maximum Gasteiger partial charge on any atom is 0.310 e. The second kappa shape index (κ2) is 9.07. The highest BCUT2D eigenvalue weighted by Gasteiger charge is 2.41. The van der Waals surface area contributed by atoms with Crippen molar-refractivity contribution < 1.29 is 33.3 Å². The van der Waals surface area contributed by atoms with E-state index in [1.807, 2.05) is 12.1 Å². The van der Waals surface area contributed by atoms with Crippen LogP contribution in [0.3, 0.4) is 0 Å². The fraction of sp³-hybridized carbons (Fsp3) is 0.391. The summed E-state index contributed by atoms with van der Waals surface area (Å²) in [5, 5.41) is 0. The van der Waals surface area contributed by atoms with E-state index in [4.69, 9.17) is 23.7 Å². The average Bonchev–Trinajstić information content (AvgIpc) is 2.77. The molecular formula is C23H26O7. The normalized spacial score (nSPS) is 17.7. The SMILES string of the molecule is CCOC(=O)[C@@H]1CC(=O)c2cc(OC)c(OC)cc2[C@@H]1c1ccc(OC)c(OC)c1. The summed E-state index contributed by atoms with van der Waals surface area (Å²) in [5.41, 5.74) is 2.01. The molecule has 0 spiro atoms. The van der Waals surface area contributed by atoms with Crippen molar-refractivity contribution in [3.05, 3.63) is 47.0 Å². The molecule has 7 heteroatoms. The van der Waals surface area contributed by atoms with E-state index >= 15 is 0 Å². The van der Waals surface area contributed by atoms with Crippen LogP contribution in [-0.4, -0.2) is 46.8 Å². The number of fused-ring (bicyclic) bond motifs is 1. The summed E-state index contributed by atoms with van der Waals surface area (Å²) in [6.07, 6.45) is 0.0420. The van der Waals surface area contributed by atoms with E-state index in [2.05, 4.69) is 0 Å². The summed E-state index contributed by atoms with van der Waals surface area (Å²) in [6, 6.07) is 8.91. The van der Waals surface area contributed by atoms with E-state index in [9.17, 15) is 9.59 Å². The van der Waals surface area contributed by atoms with Gasteiger partial charge in [-0.3, -0.25) is 9.59 Å². The van der Waals surface area contributed by atoms with Crippen molar-refractivity contribution >= 4 is 11.8 Å². The number of hydrogen-bond acceptors (Lipinski definition) is 7. The van der Waals surface area contributed by atoms with Crippen LogP contribution < -0.4 is 18.9 Å². The third-order valence-corrected chi connectivity index (χ3v) is 5.35. The highest BCUT2D eigenvalue weighted by atomic mass is 16.5. The molecule has 2 aromatic carbocycles. The van der Waals surface area contributed by atoms with Crippen LogP contribution in [-0.2, 0) is 9.53 Å². The van der Waals surface area contributed by atoms with Gasteiger partial charge in [-0.15, -0.1) is 0 Å². The summed E-state index contributed by atoms with van der Waals surface area (Å²) in [4.78, 5) is 25.7. The number of Topliss-reactive ketones (excluding diaryl/α,β-unsaturated/α-hetero) is 1. The van der Waals surface area contributed by atoms with Crippen LogP contribution in [0.15, 0.2) is 30.3 Å². The highest BCUT2D eigenvalue weighted by Crippen LogP contribution is 2.46. The Bertz CT molecular complexity index is 951. The van der Waals surface area contributed by atoms with Crippen molar-refractivity contribution in [2.24, 2.45) is 5.92 Å². The summed E-state index contributed by atoms with van der Waals surface area (Å²) >= 11 is 0. The van der Waals surface area contributed by atoms with Crippen molar-refractivity contribution in [2.45, 2.75) is 19.3 Å². The van der Waals surface area contributed by atoms with Gasteiger partial charge in [-0.1, -0.05) is 6.07 Å². The summed E-state index contributed by atoms with van der Waals surface area (Å²) < 4.78 is 26.9. The lowest BCUT2D eigenvalue weighted by Crippen LogP contribution is -2.33. The second-order valence-electron chi connectivity index (χ2n) is 6.87. The van der Waals surface area contributed by atoms with Crippen LogP contribution >= 0.6 is 0 Å². The Balaban J connectivity index is 2.23. The standard InChI is InChI=1S/C23H26O7/c1-6-30-23(25)16-10-17(24)14-11-20(28-4)21(29-5)12-15(14)22(16)13-7-8-18(26-2)19(9-13)27-3/h7-9,11-12,16,22H,6,10H2,1-5H3/t16-,22+/m1/s1. The molecule has 0 amide bonds. The first-order valence-corrected chi connectivity index (χ1v) is 9.66. The first-order valence-electron chi connectivity index (χ1n) is 9.66. The quantitative estimate of drug-likeness (QED) is 0.640. The smallest absolute Gasteiger partial charge is 0.310 e. The number of carbonyl (C=O) groups is 2. The molecule has 0 unspecified atom stereocenters. The van der Waals surface area contributed by atoms with Crippen molar-refractivity contribution in [2.75, 3.05) is 35.0 Å². The van der Waals surface area contributed by atoms with Crippen molar-refractivity contribution in [3.63, 3.8) is 0 Å². The fourth-order valence-corrected chi connectivity index (χ4v) is 3.96. The zero-order valence-electron chi connectivity index (χ0n) is 17.8. The number of ether oxygens (including phenoxy) is 5. The molecule has 3 rings (SSSR count). The molecule has 0 fully saturated rings. The van der Waals surface area contributed by atoms with Gasteiger partial charge in [-0.2, -0.15) is 0 Å². The molecule has 0 saturated carbocycles. The molecule has 0 aliphatic heterocycles. The predicted molar refractivity (Wildman–Crippen MR) is 110 cm³/mol. The molecule has 0 radical (unpaired) electrons. The molecule has 0 aromatic heterocycles. The molecule has 7 nitrogen and oxygen atoms in total. The molecule has 1 aliphatic carbocycles. The minimum atomic E-state index is -0.666. The number of hydrogen-bond donors (Lipinski definition) is 0. The van der Waals surface area contributed by atoms with Crippen molar-refractivity contribution in [3.8, 4) is 23.0 Å². The Kier molecular flexibility index (Phi) is 6.50. The molecule has 160 valence electrons. The Labute approximate surface area is 175 Å². The van der Waals surface area contributed by atoms with Gasteiger partial charge in [0.05, 0.1) is 41.0 Å². The van der Waals surface area contributed by atoms with Crippen LogP contribution in [0.1, 0.15) is 40.7 Å². The lowest BCUT2D eigenvalue weighted by molar-refractivity contribution is -0.148. The van der Waals surface area contributed by atoms with E-state index in [1.54, 1.807) is 39.3 Å². The van der Waals surface area contributed by atoms with E-state index in [0.717, 1.165) is 5.56 Å². The second-order valence-corrected chi connectivity index (χ2v) is 6.87. The van der Waals surface area contributed by atoms with Gasteiger partial charge in [0.15, 0.2) is 28.8 Å². The van der Waals surface area contributed by atoms with E-state index in [-0.39, 0.29) is 18.8 Å². The third kappa shape index (κ3) is 3.79. The first kappa shape index (κ1) is 21.5. The number of methoxy groups -OCH3 is 4. The van der Waals surface area contributed by atoms with Gasteiger partial charge in [-0.25, -0.2) is 0 Å². The lowest BCUT2D eigenvalue weighted by atomic mass is 9.71. The molecule has 2 aromatic rings. The monoisotopic (exact) mass is 414 g/mol. The van der Waals surface area contributed by atoms with Gasteiger partial charge in [0.2, 0.25) is 0 Å². The molecule has 1 aliphatic rings. The molecule has 0 saturated heterocycles. The minimum absolute atomic E-state index is 0.0420. The van der Waals surface area contributed by atoms with E-state index in [0.29, 0.717) is 34.1 Å². The number of rotatable bonds is 7. The zero-order chi connectivity index (χ0) is 21.8. The Hall–Kier alpha value is -3.22. The van der Waals surface area contributed by atoms with E-state index in [1.165, 1.54) is 14.2 Å². The van der Waals surface area contributed by atoms with Gasteiger partial charge in [0, 0.05) is 17.9 Å². The van der Waals surface area contributed by atoms with Gasteiger partial charge < -0.3 is 23.7 Å². The lowest BCUT2D eigenvalue weighted by Gasteiger charge is -2.32. The number of benzene rings is 2. The first-order chi connectivity index (χ1) is 14.5. The summed E-state index contributed by atoms with van der Waals surface area (Å²) in [7, 11) is 6.16. The third-order valence-electron chi connectivity index (χ3n) is 5.35. The van der Waals surface area contributed by atoms with Gasteiger partial charge >= 0.3 is 5.97 Å². The summed E-state index contributed by atoms with van der Waals surface area (Å²) in [5.74, 6) is 0.429. The van der Waals surface area contributed by atoms with Crippen LogP contribution in [0, 0.1) is 5.92 Å². The average molecular weight is 414 g/mol. The Morgan fingerprint density at radius 2 is 1.50 bits per heavy atom. The number of ketones is 1. The molecule has 0 bridgehead atoms. The Morgan fingerprint density at radius 3 is 2.10 bits per heavy atom. The summed E-state index contributed by atoms with van der Waals surface area (Å²) in [6.45, 7) is 1.98. The van der Waals surface area contributed by atoms with Gasteiger partial charge in [0.25, 0.3) is 0 Å². The van der Waals surface area contributed by atoms with Crippen molar-refractivity contribution in [1.29, 1.82) is 0 Å². The zero-order valence-corrected chi connectivity index (χ0v) is 17.8. The minimum Gasteiger partial charge on any atom is -0.493 e. The molecule has 2 atom stereocenters. The Morgan fingerprint density at radius 1 is 0.900 bits per heavy atom. The molecule has 30 heavy (non-hydrogen) atoms. The van der Waals surface area contributed by atoms with Crippen LogP contribution in [0.25, 0.3) is 0 Å². The van der Waals surface area contributed by atoms with Crippen molar-refractivity contribution in [1.82, 2.24) is 0 Å². The largest absolute Gasteiger partial charge is 0.493 e. The number of carbonyl (C=O) groups excluding carboxylic acids is 2. The molecular weight excluding hydrogens is 388 g/mol. The highest BCUT2D eigenvalue weighted by molar-refractivity contribution is 6.02. The van der Waals surface area contributed by atoms with Crippen LogP contribution in [0.5, 0.6) is 23.0 Å². The van der Waals surface area contributed by atoms with Gasteiger partial charge in [0.1, 0.15) is 0 Å². The number of esters is 1. The van der Waals surface area contributed by atoms with Crippen LogP contribution in [0.2, 0.25) is 0 Å². The maximum atomic E-state index is 12.9. The molecule has 0 N–H and O–H groups in total. The van der Waals surface area contributed by atoms with Crippen LogP contribution in [0.4, 0.5) is 0 Å². The topological polar surface area (TPSA) is 80.3 Å². The maximum absolute atomic E-state index is 12.9. The molecule has 0 heterocycles. The van der Waals surface area contributed by atoms with Gasteiger partial charge in [-0.05, 0) is 42.3 Å². The van der Waals surface area contributed by atoms with E-state index < -0.39 is 17.8 Å². The fourth-order valence-electron chi connectivity index (χ4n) is 3.96. The predicted octanol–water partition coefficient (Wildman–Crippen LogP) is 3.62.